The Hall–Kier alpha value is -2.83. The average Bonchev–Trinajstić information content (AvgIpc) is 2.96. The van der Waals surface area contributed by atoms with Crippen molar-refractivity contribution < 1.29 is 57.9 Å². The predicted octanol–water partition coefficient (Wildman–Crippen LogP) is 0.785. The van der Waals surface area contributed by atoms with Gasteiger partial charge in [-0.25, -0.2) is 0 Å². The number of hydrogen-bond donors (Lipinski definition) is 2. The zero-order chi connectivity index (χ0) is 30.2. The van der Waals surface area contributed by atoms with Crippen LogP contribution in [0.3, 0.4) is 0 Å². The van der Waals surface area contributed by atoms with E-state index in [1.807, 2.05) is 0 Å². The first-order valence-electron chi connectivity index (χ1n) is 13.3. The number of hydrogen-bond acceptors (Lipinski definition) is 12. The van der Waals surface area contributed by atoms with Crippen LogP contribution in [0.5, 0.6) is 0 Å². The molecule has 222 valence electrons. The first kappa shape index (κ1) is 30.1. The number of Topliss-reactive ketones (excluding diaryl/α,β-unsaturated/α-hetero) is 1. The molecule has 4 aliphatic rings. The third-order valence-electron chi connectivity index (χ3n) is 9.86. The van der Waals surface area contributed by atoms with Gasteiger partial charge in [-0.3, -0.25) is 24.0 Å². The highest BCUT2D eigenvalue weighted by Gasteiger charge is 2.82. The minimum Gasteiger partial charge on any atom is -0.462 e. The summed E-state index contributed by atoms with van der Waals surface area (Å²) in [5.74, 6) is -5.63. The summed E-state index contributed by atoms with van der Waals surface area (Å²) in [5, 5.41) is 23.9. The molecule has 4 bridgehead atoms. The maximum Gasteiger partial charge on any atom is 0.303 e. The molecule has 3 saturated carbocycles. The molecular formula is C28H38O12. The van der Waals surface area contributed by atoms with E-state index in [1.165, 1.54) is 20.8 Å². The van der Waals surface area contributed by atoms with E-state index in [4.69, 9.17) is 23.7 Å². The van der Waals surface area contributed by atoms with E-state index >= 15 is 0 Å². The number of fused-ring (bicyclic) bond motifs is 1. The lowest BCUT2D eigenvalue weighted by atomic mass is 9.44. The van der Waals surface area contributed by atoms with E-state index in [1.54, 1.807) is 13.8 Å². The highest BCUT2D eigenvalue weighted by molar-refractivity contribution is 5.91. The Bertz CT molecular complexity index is 1160. The number of aliphatic hydroxyl groups is 2. The standard InChI is InChI=1S/C28H38O12/c1-12-18(33)10-20(37-13(2)29)26(7)21(12)22(38-14(3)30)17-9-19(34)27(8)28(35,25(17,6)11-36-27)24(40-16(5)32)23(26)39-15(4)31/h17-18,20-24,33,35H,1,9-11H2,2-8H3/t17-,18-,20-,21-,22+,23-,24-,25-,26+,27+,28+/m0/s1. The number of carbonyl (C=O) groups is 5. The normalized spacial score (nSPS) is 45.9. The molecule has 0 aromatic carbocycles. The number of ketones is 1. The molecule has 12 nitrogen and oxygen atoms in total. The van der Waals surface area contributed by atoms with Crippen molar-refractivity contribution in [2.75, 3.05) is 6.61 Å². The highest BCUT2D eigenvalue weighted by atomic mass is 16.6. The van der Waals surface area contributed by atoms with E-state index in [0.29, 0.717) is 0 Å². The molecule has 0 aromatic rings. The molecular weight excluding hydrogens is 528 g/mol. The van der Waals surface area contributed by atoms with Gasteiger partial charge in [0.05, 0.1) is 18.1 Å². The van der Waals surface area contributed by atoms with Crippen LogP contribution in [0.25, 0.3) is 0 Å². The van der Waals surface area contributed by atoms with Crippen molar-refractivity contribution >= 4 is 29.7 Å². The van der Waals surface area contributed by atoms with E-state index in [-0.39, 0.29) is 25.0 Å². The lowest BCUT2D eigenvalue weighted by Crippen LogP contribution is -2.80. The molecule has 4 fully saturated rings. The molecule has 3 aliphatic carbocycles. The minimum absolute atomic E-state index is 0.171. The summed E-state index contributed by atoms with van der Waals surface area (Å²) < 4.78 is 29.3. The largest absolute Gasteiger partial charge is 0.462 e. The Balaban J connectivity index is 2.15. The SMILES string of the molecule is C=C1[C@@H](O)C[C@H](OC(C)=O)[C@@]2(C)[C@@H](OC(C)=O)[C@H](OC(C)=O)[C@@]3(O)[C@@]4(C)CO[C@]3(C)C(=O)C[C@H]4[C@@H](OC(C)=O)[C@H]12. The molecule has 0 amide bonds. The molecule has 1 heterocycles. The zero-order valence-corrected chi connectivity index (χ0v) is 23.8. The van der Waals surface area contributed by atoms with Crippen molar-refractivity contribution in [2.24, 2.45) is 22.7 Å². The monoisotopic (exact) mass is 566 g/mol. The third kappa shape index (κ3) is 3.93. The third-order valence-corrected chi connectivity index (χ3v) is 9.86. The van der Waals surface area contributed by atoms with Crippen molar-refractivity contribution in [1.82, 2.24) is 0 Å². The van der Waals surface area contributed by atoms with Gasteiger partial charge < -0.3 is 33.9 Å². The quantitative estimate of drug-likeness (QED) is 0.279. The summed E-state index contributed by atoms with van der Waals surface area (Å²) >= 11 is 0. The molecule has 0 radical (unpaired) electrons. The Morgan fingerprint density at radius 1 is 0.900 bits per heavy atom. The maximum absolute atomic E-state index is 13.8. The fourth-order valence-corrected chi connectivity index (χ4v) is 7.97. The number of rotatable bonds is 4. The van der Waals surface area contributed by atoms with Gasteiger partial charge in [0.2, 0.25) is 0 Å². The molecule has 40 heavy (non-hydrogen) atoms. The van der Waals surface area contributed by atoms with Crippen LogP contribution in [0.2, 0.25) is 0 Å². The van der Waals surface area contributed by atoms with Gasteiger partial charge >= 0.3 is 23.9 Å². The van der Waals surface area contributed by atoms with Gasteiger partial charge in [-0.1, -0.05) is 20.4 Å². The van der Waals surface area contributed by atoms with Crippen LogP contribution in [0.4, 0.5) is 0 Å². The Kier molecular flexibility index (Phi) is 7.25. The molecule has 0 unspecified atom stereocenters. The summed E-state index contributed by atoms with van der Waals surface area (Å²) in [6, 6.07) is 0. The maximum atomic E-state index is 13.8. The second kappa shape index (κ2) is 9.63. The van der Waals surface area contributed by atoms with Crippen LogP contribution >= 0.6 is 0 Å². The smallest absolute Gasteiger partial charge is 0.303 e. The summed E-state index contributed by atoms with van der Waals surface area (Å²) in [6.07, 6.45) is -7.28. The Labute approximate surface area is 232 Å². The summed E-state index contributed by atoms with van der Waals surface area (Å²) in [4.78, 5) is 63.9. The van der Waals surface area contributed by atoms with Gasteiger partial charge in [-0.2, -0.15) is 0 Å². The molecule has 4 rings (SSSR count). The van der Waals surface area contributed by atoms with E-state index in [9.17, 15) is 34.2 Å². The first-order chi connectivity index (χ1) is 18.4. The zero-order valence-electron chi connectivity index (χ0n) is 23.8. The van der Waals surface area contributed by atoms with Gasteiger partial charge in [0.15, 0.2) is 23.6 Å². The lowest BCUT2D eigenvalue weighted by Gasteiger charge is -2.64. The van der Waals surface area contributed by atoms with Crippen LogP contribution in [0.15, 0.2) is 12.2 Å². The molecule has 12 heteroatoms. The van der Waals surface area contributed by atoms with Crippen molar-refractivity contribution in [3.05, 3.63) is 12.2 Å². The summed E-state index contributed by atoms with van der Waals surface area (Å²) in [5.41, 5.74) is -6.99. The van der Waals surface area contributed by atoms with Crippen molar-refractivity contribution in [1.29, 1.82) is 0 Å². The topological polar surface area (TPSA) is 172 Å². The fraction of sp³-hybridized carbons (Fsp3) is 0.750. The van der Waals surface area contributed by atoms with Crippen LogP contribution in [-0.2, 0) is 47.7 Å². The summed E-state index contributed by atoms with van der Waals surface area (Å²) in [7, 11) is 0. The molecule has 2 N–H and O–H groups in total. The van der Waals surface area contributed by atoms with Crippen molar-refractivity contribution in [3.8, 4) is 0 Å². The second-order valence-electron chi connectivity index (χ2n) is 12.1. The molecule has 0 aromatic heterocycles. The van der Waals surface area contributed by atoms with Crippen molar-refractivity contribution in [3.63, 3.8) is 0 Å². The number of carbonyl (C=O) groups excluding carboxylic acids is 5. The van der Waals surface area contributed by atoms with Gasteiger partial charge in [-0.05, 0) is 12.5 Å². The molecule has 11 atom stereocenters. The van der Waals surface area contributed by atoms with E-state index < -0.39 is 94.0 Å². The highest BCUT2D eigenvalue weighted by Crippen LogP contribution is 2.67. The van der Waals surface area contributed by atoms with Crippen LogP contribution in [0.1, 0.15) is 61.3 Å². The van der Waals surface area contributed by atoms with E-state index in [0.717, 1.165) is 13.8 Å². The van der Waals surface area contributed by atoms with E-state index in [2.05, 4.69) is 6.58 Å². The minimum atomic E-state index is -2.30. The fourth-order valence-electron chi connectivity index (χ4n) is 7.97. The summed E-state index contributed by atoms with van der Waals surface area (Å²) in [6.45, 7) is 13.1. The van der Waals surface area contributed by atoms with Crippen LogP contribution in [-0.4, -0.2) is 88.2 Å². The molecule has 1 aliphatic heterocycles. The van der Waals surface area contributed by atoms with Gasteiger partial charge in [0.1, 0.15) is 17.8 Å². The van der Waals surface area contributed by atoms with Gasteiger partial charge in [-0.15, -0.1) is 0 Å². The lowest BCUT2D eigenvalue weighted by molar-refractivity contribution is -0.295. The Morgan fingerprint density at radius 2 is 1.43 bits per heavy atom. The second-order valence-corrected chi connectivity index (χ2v) is 12.1. The van der Waals surface area contributed by atoms with Crippen LogP contribution in [0, 0.1) is 22.7 Å². The van der Waals surface area contributed by atoms with Gasteiger partial charge in [0.25, 0.3) is 0 Å². The number of ether oxygens (including phenoxy) is 5. The van der Waals surface area contributed by atoms with Gasteiger partial charge in [0, 0.05) is 57.8 Å². The Morgan fingerprint density at radius 3 is 1.95 bits per heavy atom. The average molecular weight is 567 g/mol. The van der Waals surface area contributed by atoms with Crippen molar-refractivity contribution in [2.45, 2.75) is 103 Å². The number of esters is 4. The molecule has 1 saturated heterocycles. The van der Waals surface area contributed by atoms with Crippen LogP contribution < -0.4 is 0 Å². The number of aliphatic hydroxyl groups excluding tert-OH is 1. The molecule has 0 spiro atoms. The predicted molar refractivity (Wildman–Crippen MR) is 134 cm³/mol. The first-order valence-corrected chi connectivity index (χ1v) is 13.3.